The van der Waals surface area contributed by atoms with Crippen molar-refractivity contribution in [1.82, 2.24) is 14.8 Å². The summed E-state index contributed by atoms with van der Waals surface area (Å²) in [4.78, 5) is 24.7. The number of anilines is 2. The van der Waals surface area contributed by atoms with E-state index >= 15 is 0 Å². The van der Waals surface area contributed by atoms with Gasteiger partial charge in [0, 0.05) is 17.9 Å². The van der Waals surface area contributed by atoms with Crippen molar-refractivity contribution in [2.45, 2.75) is 32.0 Å². The topological polar surface area (TPSA) is 88.9 Å². The number of allylic oxidation sites excluding steroid dienone is 1. The second-order valence-electron chi connectivity index (χ2n) is 7.02. The fourth-order valence-electron chi connectivity index (χ4n) is 2.89. The Morgan fingerprint density at radius 1 is 1.00 bits per heavy atom. The lowest BCUT2D eigenvalue weighted by atomic mass is 10.1. The summed E-state index contributed by atoms with van der Waals surface area (Å²) in [6.45, 7) is 8.24. The highest BCUT2D eigenvalue weighted by atomic mass is 32.2. The number of para-hydroxylation sites is 1. The molecule has 0 unspecified atom stereocenters. The van der Waals surface area contributed by atoms with Crippen LogP contribution in [0.3, 0.4) is 0 Å². The normalized spacial score (nSPS) is 10.5. The van der Waals surface area contributed by atoms with Crippen LogP contribution >= 0.6 is 11.8 Å². The van der Waals surface area contributed by atoms with Gasteiger partial charge in [-0.2, -0.15) is 0 Å². The summed E-state index contributed by atoms with van der Waals surface area (Å²) < 4.78 is 1.80. The number of aryl methyl sites for hydroxylation is 2. The number of carbonyl (C=O) groups is 2. The zero-order valence-corrected chi connectivity index (χ0v) is 18.4. The smallest absolute Gasteiger partial charge is 0.234 e. The van der Waals surface area contributed by atoms with Crippen LogP contribution in [0.5, 0.6) is 0 Å². The summed E-state index contributed by atoms with van der Waals surface area (Å²) in [5.41, 5.74) is 3.77. The number of thioether (sulfide) groups is 1. The summed E-state index contributed by atoms with van der Waals surface area (Å²) in [5, 5.41) is 14.6. The lowest BCUT2D eigenvalue weighted by Crippen LogP contribution is -2.18. The van der Waals surface area contributed by atoms with Crippen molar-refractivity contribution >= 4 is 35.0 Å². The van der Waals surface area contributed by atoms with Gasteiger partial charge in [0.05, 0.1) is 12.2 Å². The van der Waals surface area contributed by atoms with Gasteiger partial charge in [-0.25, -0.2) is 0 Å². The van der Waals surface area contributed by atoms with Gasteiger partial charge in [0.15, 0.2) is 5.16 Å². The van der Waals surface area contributed by atoms with Crippen LogP contribution in [-0.4, -0.2) is 32.3 Å². The molecule has 2 aromatic carbocycles. The van der Waals surface area contributed by atoms with Gasteiger partial charge in [-0.05, 0) is 49.2 Å². The van der Waals surface area contributed by atoms with E-state index in [1.165, 1.54) is 17.3 Å². The predicted octanol–water partition coefficient (Wildman–Crippen LogP) is 3.99. The van der Waals surface area contributed by atoms with E-state index in [4.69, 9.17) is 0 Å². The molecule has 160 valence electrons. The van der Waals surface area contributed by atoms with Crippen LogP contribution in [0.2, 0.25) is 0 Å². The Morgan fingerprint density at radius 2 is 1.74 bits per heavy atom. The molecule has 7 nitrogen and oxygen atoms in total. The first-order valence-corrected chi connectivity index (χ1v) is 10.8. The molecule has 1 aromatic heterocycles. The van der Waals surface area contributed by atoms with E-state index < -0.39 is 0 Å². The number of carbonyl (C=O) groups excluding carboxylic acids is 2. The van der Waals surface area contributed by atoms with Crippen LogP contribution in [0.25, 0.3) is 0 Å². The molecule has 3 rings (SSSR count). The van der Waals surface area contributed by atoms with E-state index in [1.54, 1.807) is 10.6 Å². The predicted molar refractivity (Wildman–Crippen MR) is 124 cm³/mol. The second kappa shape index (κ2) is 10.6. The van der Waals surface area contributed by atoms with E-state index in [0.717, 1.165) is 16.9 Å². The molecule has 3 aromatic rings. The molecule has 0 atom stereocenters. The number of nitrogens with zero attached hydrogens (tertiary/aromatic N) is 3. The van der Waals surface area contributed by atoms with Gasteiger partial charge in [0.25, 0.3) is 0 Å². The summed E-state index contributed by atoms with van der Waals surface area (Å²) in [6, 6.07) is 15.1. The largest absolute Gasteiger partial charge is 0.326 e. The van der Waals surface area contributed by atoms with Gasteiger partial charge < -0.3 is 15.2 Å². The highest BCUT2D eigenvalue weighted by Gasteiger charge is 2.16. The third kappa shape index (κ3) is 6.29. The SMILES string of the molecule is C=CCn1c(CC(=O)Nc2ccc(C)c(C)c2)nnc1SCC(=O)Nc1ccccc1. The molecule has 0 saturated carbocycles. The van der Waals surface area contributed by atoms with Crippen molar-refractivity contribution in [3.8, 4) is 0 Å². The average Bonchev–Trinajstić information content (AvgIpc) is 3.11. The number of nitrogens with one attached hydrogen (secondary N) is 2. The molecule has 1 heterocycles. The molecule has 0 saturated heterocycles. The van der Waals surface area contributed by atoms with Crippen LogP contribution in [0, 0.1) is 13.8 Å². The van der Waals surface area contributed by atoms with Gasteiger partial charge in [-0.1, -0.05) is 42.1 Å². The number of amides is 2. The Bertz CT molecular complexity index is 1080. The van der Waals surface area contributed by atoms with Crippen molar-refractivity contribution in [3.05, 3.63) is 78.1 Å². The summed E-state index contributed by atoms with van der Waals surface area (Å²) >= 11 is 1.27. The number of aromatic nitrogens is 3. The third-order valence-electron chi connectivity index (χ3n) is 4.60. The van der Waals surface area contributed by atoms with E-state index in [9.17, 15) is 9.59 Å². The molecule has 2 amide bonds. The van der Waals surface area contributed by atoms with Crippen LogP contribution in [0.15, 0.2) is 66.3 Å². The van der Waals surface area contributed by atoms with Crippen molar-refractivity contribution in [2.24, 2.45) is 0 Å². The summed E-state index contributed by atoms with van der Waals surface area (Å²) in [5.74, 6) is 0.379. The minimum absolute atomic E-state index is 0.0739. The highest BCUT2D eigenvalue weighted by molar-refractivity contribution is 7.99. The Labute approximate surface area is 186 Å². The zero-order chi connectivity index (χ0) is 22.2. The Balaban J connectivity index is 1.62. The van der Waals surface area contributed by atoms with Gasteiger partial charge in [0.2, 0.25) is 11.8 Å². The summed E-state index contributed by atoms with van der Waals surface area (Å²) in [6.07, 6.45) is 1.78. The minimum Gasteiger partial charge on any atom is -0.326 e. The van der Waals surface area contributed by atoms with E-state index in [1.807, 2.05) is 62.4 Å². The lowest BCUT2D eigenvalue weighted by molar-refractivity contribution is -0.116. The van der Waals surface area contributed by atoms with Crippen LogP contribution in [0.1, 0.15) is 17.0 Å². The van der Waals surface area contributed by atoms with Crippen LogP contribution < -0.4 is 10.6 Å². The first-order chi connectivity index (χ1) is 15.0. The van der Waals surface area contributed by atoms with Crippen molar-refractivity contribution in [1.29, 1.82) is 0 Å². The summed E-state index contributed by atoms with van der Waals surface area (Å²) in [7, 11) is 0. The molecule has 0 aliphatic rings. The number of rotatable bonds is 9. The molecule has 2 N–H and O–H groups in total. The molecule has 0 aliphatic heterocycles. The maximum Gasteiger partial charge on any atom is 0.234 e. The molecule has 31 heavy (non-hydrogen) atoms. The van der Waals surface area contributed by atoms with Crippen molar-refractivity contribution in [3.63, 3.8) is 0 Å². The fraction of sp³-hybridized carbons (Fsp3) is 0.217. The van der Waals surface area contributed by atoms with Gasteiger partial charge >= 0.3 is 0 Å². The quantitative estimate of drug-likeness (QED) is 0.392. The van der Waals surface area contributed by atoms with Crippen molar-refractivity contribution in [2.75, 3.05) is 16.4 Å². The van der Waals surface area contributed by atoms with Gasteiger partial charge in [-0.3, -0.25) is 9.59 Å². The van der Waals surface area contributed by atoms with Gasteiger partial charge in [0.1, 0.15) is 5.82 Å². The number of hydrogen-bond acceptors (Lipinski definition) is 5. The zero-order valence-electron chi connectivity index (χ0n) is 17.6. The molecular formula is C23H25N5O2S. The Morgan fingerprint density at radius 3 is 2.45 bits per heavy atom. The van der Waals surface area contributed by atoms with E-state index in [-0.39, 0.29) is 24.0 Å². The minimum atomic E-state index is -0.181. The van der Waals surface area contributed by atoms with E-state index in [2.05, 4.69) is 27.4 Å². The highest BCUT2D eigenvalue weighted by Crippen LogP contribution is 2.19. The third-order valence-corrected chi connectivity index (χ3v) is 5.57. The first kappa shape index (κ1) is 22.3. The monoisotopic (exact) mass is 435 g/mol. The molecular weight excluding hydrogens is 410 g/mol. The maximum atomic E-state index is 12.5. The second-order valence-corrected chi connectivity index (χ2v) is 7.97. The Hall–Kier alpha value is -3.39. The molecule has 8 heteroatoms. The molecule has 0 radical (unpaired) electrons. The lowest BCUT2D eigenvalue weighted by Gasteiger charge is -2.09. The Kier molecular flexibility index (Phi) is 7.61. The molecule has 0 aliphatic carbocycles. The maximum absolute atomic E-state index is 12.5. The van der Waals surface area contributed by atoms with Crippen molar-refractivity contribution < 1.29 is 9.59 Å². The standard InChI is InChI=1S/C23H25N5O2S/c1-4-12-28-20(14-21(29)25-19-11-10-16(2)17(3)13-19)26-27-23(28)31-15-22(30)24-18-8-6-5-7-9-18/h4-11,13H,1,12,14-15H2,2-3H3,(H,24,30)(H,25,29). The van der Waals surface area contributed by atoms with E-state index in [0.29, 0.717) is 17.5 Å². The average molecular weight is 436 g/mol. The molecule has 0 fully saturated rings. The molecule has 0 spiro atoms. The molecule has 0 bridgehead atoms. The number of hydrogen-bond donors (Lipinski definition) is 2. The number of benzene rings is 2. The van der Waals surface area contributed by atoms with Gasteiger partial charge in [-0.15, -0.1) is 16.8 Å². The van der Waals surface area contributed by atoms with Crippen LogP contribution in [-0.2, 0) is 22.6 Å². The first-order valence-electron chi connectivity index (χ1n) is 9.84. The van der Waals surface area contributed by atoms with Crippen LogP contribution in [0.4, 0.5) is 11.4 Å². The fourth-order valence-corrected chi connectivity index (χ4v) is 3.65.